The van der Waals surface area contributed by atoms with Crippen molar-refractivity contribution in [3.8, 4) is 0 Å². The van der Waals surface area contributed by atoms with E-state index in [4.69, 9.17) is 0 Å². The lowest BCUT2D eigenvalue weighted by Crippen LogP contribution is -2.25. The maximum absolute atomic E-state index is 14.3. The molecule has 0 bridgehead atoms. The topological polar surface area (TPSA) is 89.8 Å². The summed E-state index contributed by atoms with van der Waals surface area (Å²) in [6, 6.07) is 1.75. The number of methoxy groups -OCH3 is 1. The summed E-state index contributed by atoms with van der Waals surface area (Å²) in [5.41, 5.74) is -1.29. The highest BCUT2D eigenvalue weighted by atomic mass is 19.1. The number of amides is 1. The van der Waals surface area contributed by atoms with Crippen molar-refractivity contribution < 1.29 is 23.6 Å². The molecule has 1 aliphatic heterocycles. The van der Waals surface area contributed by atoms with E-state index in [9.17, 15) is 24.1 Å². The molecule has 7 nitrogen and oxygen atoms in total. The minimum atomic E-state index is -1.03. The van der Waals surface area contributed by atoms with Crippen LogP contribution in [-0.4, -0.2) is 30.5 Å². The molecular formula is C12H11FN2O5. The van der Waals surface area contributed by atoms with Crippen LogP contribution in [-0.2, 0) is 9.53 Å². The van der Waals surface area contributed by atoms with Crippen LogP contribution in [0.1, 0.15) is 23.2 Å². The molecule has 1 aliphatic rings. The predicted octanol–water partition coefficient (Wildman–Crippen LogP) is 1.65. The van der Waals surface area contributed by atoms with Crippen LogP contribution in [0.25, 0.3) is 0 Å². The molecule has 1 heterocycles. The van der Waals surface area contributed by atoms with E-state index in [1.54, 1.807) is 0 Å². The number of hydrogen-bond donors (Lipinski definition) is 0. The Kier molecular flexibility index (Phi) is 3.64. The smallest absolute Gasteiger partial charge is 0.341 e. The Hall–Kier alpha value is -2.51. The number of hydrogen-bond acceptors (Lipinski definition) is 5. The number of nitrogens with zero attached hydrogens (tertiary/aromatic N) is 2. The second kappa shape index (κ2) is 5.24. The first-order valence-electron chi connectivity index (χ1n) is 5.82. The molecule has 8 heteroatoms. The first kappa shape index (κ1) is 13.9. The molecule has 0 aromatic heterocycles. The molecule has 0 unspecified atom stereocenters. The van der Waals surface area contributed by atoms with Crippen molar-refractivity contribution in [1.29, 1.82) is 0 Å². The number of carbonyl (C=O) groups is 2. The first-order chi connectivity index (χ1) is 9.45. The van der Waals surface area contributed by atoms with Gasteiger partial charge in [0.05, 0.1) is 17.7 Å². The van der Waals surface area contributed by atoms with Crippen molar-refractivity contribution in [3.05, 3.63) is 33.6 Å². The van der Waals surface area contributed by atoms with Crippen LogP contribution in [0.15, 0.2) is 12.1 Å². The van der Waals surface area contributed by atoms with E-state index in [0.29, 0.717) is 6.42 Å². The lowest BCUT2D eigenvalue weighted by molar-refractivity contribution is -0.384. The predicted molar refractivity (Wildman–Crippen MR) is 66.0 cm³/mol. The van der Waals surface area contributed by atoms with Gasteiger partial charge < -0.3 is 9.64 Å². The second-order valence-corrected chi connectivity index (χ2v) is 4.22. The minimum absolute atomic E-state index is 0.246. The lowest BCUT2D eigenvalue weighted by atomic mass is 10.1. The highest BCUT2D eigenvalue weighted by Gasteiger charge is 2.30. The molecule has 1 saturated heterocycles. The molecular weight excluding hydrogens is 271 g/mol. The Morgan fingerprint density at radius 3 is 2.70 bits per heavy atom. The number of esters is 1. The Morgan fingerprint density at radius 1 is 1.50 bits per heavy atom. The van der Waals surface area contributed by atoms with Gasteiger partial charge in [0.1, 0.15) is 5.56 Å². The van der Waals surface area contributed by atoms with Gasteiger partial charge in [0, 0.05) is 25.1 Å². The summed E-state index contributed by atoms with van der Waals surface area (Å²) in [4.78, 5) is 34.3. The van der Waals surface area contributed by atoms with Gasteiger partial charge >= 0.3 is 5.97 Å². The lowest BCUT2D eigenvalue weighted by Gasteiger charge is -2.17. The van der Waals surface area contributed by atoms with E-state index in [2.05, 4.69) is 4.74 Å². The van der Waals surface area contributed by atoms with Crippen molar-refractivity contribution in [1.82, 2.24) is 0 Å². The molecule has 2 rings (SSSR count). The minimum Gasteiger partial charge on any atom is -0.465 e. The zero-order valence-electron chi connectivity index (χ0n) is 10.6. The number of rotatable bonds is 3. The van der Waals surface area contributed by atoms with Gasteiger partial charge in [-0.25, -0.2) is 9.18 Å². The van der Waals surface area contributed by atoms with Crippen molar-refractivity contribution >= 4 is 23.3 Å². The highest BCUT2D eigenvalue weighted by Crippen LogP contribution is 2.31. The summed E-state index contributed by atoms with van der Waals surface area (Å²) >= 11 is 0. The molecule has 0 atom stereocenters. The molecule has 106 valence electrons. The van der Waals surface area contributed by atoms with Gasteiger partial charge in [-0.1, -0.05) is 0 Å². The van der Waals surface area contributed by atoms with E-state index in [1.807, 2.05) is 0 Å². The quantitative estimate of drug-likeness (QED) is 0.477. The number of benzene rings is 1. The maximum atomic E-state index is 14.3. The SMILES string of the molecule is COC(=O)c1cc([N+](=O)[O-])cc(N2CCCC2=O)c1F. The van der Waals surface area contributed by atoms with Crippen LogP contribution in [0.4, 0.5) is 15.8 Å². The number of carbonyl (C=O) groups excluding carboxylic acids is 2. The number of anilines is 1. The zero-order chi connectivity index (χ0) is 14.9. The van der Waals surface area contributed by atoms with Gasteiger partial charge in [0.2, 0.25) is 5.91 Å². The summed E-state index contributed by atoms with van der Waals surface area (Å²) in [6.07, 6.45) is 0.782. The Balaban J connectivity index is 2.60. The molecule has 0 saturated carbocycles. The molecule has 1 aromatic carbocycles. The number of halogens is 1. The standard InChI is InChI=1S/C12H11FN2O5/c1-20-12(17)8-5-7(15(18)19)6-9(11(8)13)14-4-2-3-10(14)16/h5-6H,2-4H2,1H3. The number of non-ortho nitro benzene ring substituents is 1. The van der Waals surface area contributed by atoms with E-state index < -0.39 is 28.0 Å². The van der Waals surface area contributed by atoms with Crippen molar-refractivity contribution in [3.63, 3.8) is 0 Å². The Labute approximate surface area is 113 Å². The third-order valence-electron chi connectivity index (χ3n) is 3.02. The summed E-state index contributed by atoms with van der Waals surface area (Å²) in [5.74, 6) is -2.35. The normalized spacial score (nSPS) is 14.5. The average Bonchev–Trinajstić information content (AvgIpc) is 2.84. The summed E-state index contributed by atoms with van der Waals surface area (Å²) < 4.78 is 18.7. The van der Waals surface area contributed by atoms with Crippen LogP contribution < -0.4 is 4.90 Å². The van der Waals surface area contributed by atoms with E-state index >= 15 is 0 Å². The summed E-state index contributed by atoms with van der Waals surface area (Å²) in [5, 5.41) is 10.9. The number of nitro benzene ring substituents is 1. The van der Waals surface area contributed by atoms with E-state index in [1.165, 1.54) is 0 Å². The highest BCUT2D eigenvalue weighted by molar-refractivity contribution is 5.98. The monoisotopic (exact) mass is 282 g/mol. The molecule has 0 radical (unpaired) electrons. The van der Waals surface area contributed by atoms with Crippen LogP contribution in [0.2, 0.25) is 0 Å². The molecule has 1 amide bonds. The summed E-state index contributed by atoms with van der Waals surface area (Å²) in [7, 11) is 1.04. The molecule has 1 aromatic rings. The third kappa shape index (κ3) is 2.31. The Bertz CT molecular complexity index is 602. The van der Waals surface area contributed by atoms with Gasteiger partial charge in [0.25, 0.3) is 5.69 Å². The van der Waals surface area contributed by atoms with Crippen molar-refractivity contribution in [2.75, 3.05) is 18.6 Å². The van der Waals surface area contributed by atoms with Crippen molar-refractivity contribution in [2.24, 2.45) is 0 Å². The van der Waals surface area contributed by atoms with Gasteiger partial charge in [-0.2, -0.15) is 0 Å². The summed E-state index contributed by atoms with van der Waals surface area (Å²) in [6.45, 7) is 0.261. The van der Waals surface area contributed by atoms with Crippen LogP contribution in [0.5, 0.6) is 0 Å². The van der Waals surface area contributed by atoms with Crippen LogP contribution in [0, 0.1) is 15.9 Å². The van der Waals surface area contributed by atoms with Gasteiger partial charge in [-0.05, 0) is 6.42 Å². The number of ether oxygens (including phenoxy) is 1. The van der Waals surface area contributed by atoms with Gasteiger partial charge in [-0.15, -0.1) is 0 Å². The average molecular weight is 282 g/mol. The second-order valence-electron chi connectivity index (χ2n) is 4.22. The van der Waals surface area contributed by atoms with Crippen LogP contribution >= 0.6 is 0 Å². The fraction of sp³-hybridized carbons (Fsp3) is 0.333. The van der Waals surface area contributed by atoms with Gasteiger partial charge in [0.15, 0.2) is 5.82 Å². The molecule has 20 heavy (non-hydrogen) atoms. The molecule has 0 aliphatic carbocycles. The zero-order valence-corrected chi connectivity index (χ0v) is 10.6. The maximum Gasteiger partial charge on any atom is 0.341 e. The fourth-order valence-electron chi connectivity index (χ4n) is 2.06. The Morgan fingerprint density at radius 2 is 2.20 bits per heavy atom. The number of nitro groups is 1. The fourth-order valence-corrected chi connectivity index (χ4v) is 2.06. The van der Waals surface area contributed by atoms with Gasteiger partial charge in [-0.3, -0.25) is 14.9 Å². The third-order valence-corrected chi connectivity index (χ3v) is 3.02. The van der Waals surface area contributed by atoms with E-state index in [0.717, 1.165) is 24.1 Å². The largest absolute Gasteiger partial charge is 0.465 e. The van der Waals surface area contributed by atoms with Crippen LogP contribution in [0.3, 0.4) is 0 Å². The van der Waals surface area contributed by atoms with Crippen molar-refractivity contribution in [2.45, 2.75) is 12.8 Å². The molecule has 0 N–H and O–H groups in total. The molecule has 1 fully saturated rings. The first-order valence-corrected chi connectivity index (χ1v) is 5.82. The molecule has 0 spiro atoms. The van der Waals surface area contributed by atoms with E-state index in [-0.39, 0.29) is 24.6 Å².